The van der Waals surface area contributed by atoms with Crippen molar-refractivity contribution in [2.45, 2.75) is 32.3 Å². The normalized spacial score (nSPS) is 14.1. The van der Waals surface area contributed by atoms with E-state index >= 15 is 0 Å². The number of rotatable bonds is 12. The molecule has 10 heteroatoms. The number of carbonyl (C=O) groups is 2. The topological polar surface area (TPSA) is 84.7 Å². The Morgan fingerprint density at radius 2 is 1.81 bits per heavy atom. The number of carboxylic acids is 1. The Bertz CT molecular complexity index is 1640. The number of nitrogens with zero attached hydrogens (tertiary/aromatic N) is 3. The van der Waals surface area contributed by atoms with Crippen molar-refractivity contribution in [2.75, 3.05) is 6.54 Å². The summed E-state index contributed by atoms with van der Waals surface area (Å²) in [6, 6.07) is 25.0. The summed E-state index contributed by atoms with van der Waals surface area (Å²) < 4.78 is 8.35. The zero-order valence-electron chi connectivity index (χ0n) is 22.6. The highest BCUT2D eigenvalue weighted by atomic mass is 35.5. The molecule has 0 bridgehead atoms. The second-order valence-electron chi connectivity index (χ2n) is 9.66. The molecule has 2 heterocycles. The van der Waals surface area contributed by atoms with Crippen LogP contribution in [0, 0.1) is 0 Å². The summed E-state index contributed by atoms with van der Waals surface area (Å²) in [5, 5.41) is 14.4. The summed E-state index contributed by atoms with van der Waals surface area (Å²) in [4.78, 5) is 26.2. The molecular formula is C32H28ClN3O4S2. The smallest absolute Gasteiger partial charge is 0.303 e. The highest BCUT2D eigenvalue weighted by Gasteiger charge is 2.32. The van der Waals surface area contributed by atoms with Crippen LogP contribution in [-0.2, 0) is 16.2 Å². The number of hydrogen-bond donors (Lipinski definition) is 1. The van der Waals surface area contributed by atoms with Crippen molar-refractivity contribution < 1.29 is 19.4 Å². The number of ether oxygens (including phenoxy) is 1. The molecule has 1 aromatic heterocycles. The summed E-state index contributed by atoms with van der Waals surface area (Å²) >= 11 is 13.1. The molecule has 1 saturated heterocycles. The molecule has 0 unspecified atom stereocenters. The van der Waals surface area contributed by atoms with Gasteiger partial charge in [-0.05, 0) is 49.2 Å². The van der Waals surface area contributed by atoms with Crippen LogP contribution >= 0.6 is 35.6 Å². The van der Waals surface area contributed by atoms with Gasteiger partial charge in [-0.1, -0.05) is 90.5 Å². The molecule has 1 aliphatic rings. The van der Waals surface area contributed by atoms with Gasteiger partial charge in [0, 0.05) is 40.9 Å². The molecule has 0 spiro atoms. The number of carbonyl (C=O) groups excluding carboxylic acids is 1. The van der Waals surface area contributed by atoms with Crippen molar-refractivity contribution in [2.24, 2.45) is 0 Å². The zero-order valence-corrected chi connectivity index (χ0v) is 25.0. The van der Waals surface area contributed by atoms with Crippen LogP contribution in [0.2, 0.25) is 5.02 Å². The van der Waals surface area contributed by atoms with E-state index in [-0.39, 0.29) is 12.3 Å². The van der Waals surface area contributed by atoms with Crippen LogP contribution in [-0.4, -0.2) is 42.5 Å². The van der Waals surface area contributed by atoms with Crippen LogP contribution in [0.15, 0.2) is 90.0 Å². The van der Waals surface area contributed by atoms with Gasteiger partial charge in [-0.3, -0.25) is 14.5 Å². The molecule has 0 atom stereocenters. The lowest BCUT2D eigenvalue weighted by Crippen LogP contribution is -2.29. The summed E-state index contributed by atoms with van der Waals surface area (Å²) in [5.74, 6) is -0.298. The van der Waals surface area contributed by atoms with Crippen molar-refractivity contribution >= 4 is 57.9 Å². The largest absolute Gasteiger partial charge is 0.489 e. The number of thioether (sulfide) groups is 1. The number of halogens is 1. The Kier molecular flexibility index (Phi) is 9.74. The van der Waals surface area contributed by atoms with Gasteiger partial charge in [-0.15, -0.1) is 0 Å². The molecule has 0 radical (unpaired) electrons. The maximum Gasteiger partial charge on any atom is 0.303 e. The van der Waals surface area contributed by atoms with Gasteiger partial charge in [0.1, 0.15) is 22.4 Å². The van der Waals surface area contributed by atoms with E-state index in [1.54, 1.807) is 9.58 Å². The van der Waals surface area contributed by atoms with Gasteiger partial charge in [0.05, 0.1) is 10.6 Å². The molecule has 0 aliphatic carbocycles. The number of amides is 1. The molecule has 214 valence electrons. The molecule has 7 nitrogen and oxygen atoms in total. The molecule has 4 aromatic rings. The highest BCUT2D eigenvalue weighted by molar-refractivity contribution is 8.26. The van der Waals surface area contributed by atoms with Gasteiger partial charge in [0.2, 0.25) is 0 Å². The lowest BCUT2D eigenvalue weighted by Gasteiger charge is -2.13. The molecule has 1 fully saturated rings. The van der Waals surface area contributed by atoms with Crippen LogP contribution in [0.1, 0.15) is 36.8 Å². The number of unbranched alkanes of at least 4 members (excludes halogenated alkanes) is 2. The average molecular weight is 618 g/mol. The first-order valence-electron chi connectivity index (χ1n) is 13.5. The van der Waals surface area contributed by atoms with Gasteiger partial charge in [0.25, 0.3) is 5.91 Å². The molecule has 1 N–H and O–H groups in total. The van der Waals surface area contributed by atoms with E-state index in [0.717, 1.165) is 22.4 Å². The van der Waals surface area contributed by atoms with Gasteiger partial charge >= 0.3 is 5.97 Å². The van der Waals surface area contributed by atoms with Crippen LogP contribution in [0.3, 0.4) is 0 Å². The molecular weight excluding hydrogens is 590 g/mol. The number of thiocarbonyl (C=S) groups is 1. The predicted molar refractivity (Wildman–Crippen MR) is 171 cm³/mol. The summed E-state index contributed by atoms with van der Waals surface area (Å²) in [6.45, 7) is 0.787. The van der Waals surface area contributed by atoms with Gasteiger partial charge < -0.3 is 9.84 Å². The lowest BCUT2D eigenvalue weighted by atomic mass is 10.1. The standard InChI is InChI=1S/C32H28ClN3O4S2/c33-27-15-7-6-10-23(27)21-40-26-14-9-11-22(18-26)30-24(20-36(34-30)25-12-3-1-4-13-25)19-28-31(39)35(32(41)42-28)17-8-2-5-16-29(37)38/h1,3-4,6-7,9-15,18-20H,2,5,8,16-17,21H2,(H,37,38). The first-order valence-corrected chi connectivity index (χ1v) is 15.1. The number of aliphatic carboxylic acids is 1. The molecule has 5 rings (SSSR count). The second-order valence-corrected chi connectivity index (χ2v) is 11.7. The third-order valence-electron chi connectivity index (χ3n) is 6.66. The molecule has 1 aliphatic heterocycles. The minimum absolute atomic E-state index is 0.124. The number of hydrogen-bond acceptors (Lipinski definition) is 6. The van der Waals surface area contributed by atoms with Crippen LogP contribution < -0.4 is 4.74 Å². The van der Waals surface area contributed by atoms with Gasteiger partial charge in [0.15, 0.2) is 0 Å². The maximum atomic E-state index is 13.3. The van der Waals surface area contributed by atoms with Crippen LogP contribution in [0.5, 0.6) is 5.75 Å². The Labute approximate surface area is 258 Å². The molecule has 1 amide bonds. The minimum Gasteiger partial charge on any atom is -0.489 e. The van der Waals surface area contributed by atoms with Crippen molar-refractivity contribution in [3.63, 3.8) is 0 Å². The number of para-hydroxylation sites is 1. The Hall–Kier alpha value is -3.92. The van der Waals surface area contributed by atoms with E-state index < -0.39 is 5.97 Å². The first-order chi connectivity index (χ1) is 20.4. The van der Waals surface area contributed by atoms with Crippen molar-refractivity contribution in [1.82, 2.24) is 14.7 Å². The van der Waals surface area contributed by atoms with Gasteiger partial charge in [-0.25, -0.2) is 4.68 Å². The summed E-state index contributed by atoms with van der Waals surface area (Å²) in [5.41, 5.74) is 4.08. The Morgan fingerprint density at radius 3 is 2.60 bits per heavy atom. The first kappa shape index (κ1) is 29.6. The SMILES string of the molecule is O=C(O)CCCCCN1C(=O)C(=Cc2cn(-c3ccccc3)nc2-c2cccc(OCc3ccccc3Cl)c2)SC1=S. The van der Waals surface area contributed by atoms with E-state index in [9.17, 15) is 9.59 Å². The number of carboxylic acid groups (broad SMARTS) is 1. The van der Waals surface area contributed by atoms with E-state index in [1.807, 2.05) is 91.1 Å². The fourth-order valence-corrected chi connectivity index (χ4v) is 5.99. The third kappa shape index (κ3) is 7.28. The van der Waals surface area contributed by atoms with Crippen molar-refractivity contribution in [1.29, 1.82) is 0 Å². The predicted octanol–water partition coefficient (Wildman–Crippen LogP) is 7.62. The van der Waals surface area contributed by atoms with E-state index in [2.05, 4.69) is 0 Å². The van der Waals surface area contributed by atoms with Crippen molar-refractivity contribution in [3.8, 4) is 22.7 Å². The average Bonchev–Trinajstić information content (AvgIpc) is 3.53. The quantitative estimate of drug-likeness (QED) is 0.0994. The maximum absolute atomic E-state index is 13.3. The van der Waals surface area contributed by atoms with Crippen LogP contribution in [0.4, 0.5) is 0 Å². The Balaban J connectivity index is 1.40. The van der Waals surface area contributed by atoms with E-state index in [0.29, 0.717) is 58.1 Å². The highest BCUT2D eigenvalue weighted by Crippen LogP contribution is 2.36. The van der Waals surface area contributed by atoms with E-state index in [4.69, 9.17) is 38.8 Å². The fraction of sp³-hybridized carbons (Fsp3) is 0.188. The molecule has 0 saturated carbocycles. The van der Waals surface area contributed by atoms with E-state index in [1.165, 1.54) is 11.8 Å². The number of aromatic nitrogens is 2. The Morgan fingerprint density at radius 1 is 1.02 bits per heavy atom. The summed E-state index contributed by atoms with van der Waals surface area (Å²) in [7, 11) is 0. The minimum atomic E-state index is -0.812. The molecule has 42 heavy (non-hydrogen) atoms. The second kappa shape index (κ2) is 13.8. The van der Waals surface area contributed by atoms with Crippen LogP contribution in [0.25, 0.3) is 23.0 Å². The van der Waals surface area contributed by atoms with Gasteiger partial charge in [-0.2, -0.15) is 5.10 Å². The summed E-state index contributed by atoms with van der Waals surface area (Å²) in [6.07, 6.45) is 5.83. The monoisotopic (exact) mass is 617 g/mol. The van der Waals surface area contributed by atoms with Crippen molar-refractivity contribution in [3.05, 3.63) is 106 Å². The third-order valence-corrected chi connectivity index (χ3v) is 8.40. The number of benzene rings is 3. The zero-order chi connectivity index (χ0) is 29.5. The lowest BCUT2D eigenvalue weighted by molar-refractivity contribution is -0.137. The fourth-order valence-electron chi connectivity index (χ4n) is 4.50. The molecule has 3 aromatic carbocycles.